The Hall–Kier alpha value is -3.49. The van der Waals surface area contributed by atoms with Crippen LogP contribution < -0.4 is 9.64 Å². The summed E-state index contributed by atoms with van der Waals surface area (Å²) < 4.78 is 6.07. The molecule has 0 atom stereocenters. The van der Waals surface area contributed by atoms with E-state index in [0.717, 1.165) is 43.0 Å². The molecular weight excluding hydrogens is 619 g/mol. The lowest BCUT2D eigenvalue weighted by atomic mass is 9.78. The fourth-order valence-corrected chi connectivity index (χ4v) is 9.05. The summed E-state index contributed by atoms with van der Waals surface area (Å²) in [6, 6.07) is 30.6. The van der Waals surface area contributed by atoms with Crippen molar-refractivity contribution in [1.29, 1.82) is 0 Å². The molecule has 0 N–H and O–H groups in total. The molecule has 1 fully saturated rings. The summed E-state index contributed by atoms with van der Waals surface area (Å²) in [7, 11) is 0. The van der Waals surface area contributed by atoms with Gasteiger partial charge in [0, 0.05) is 60.4 Å². The molecule has 5 nitrogen and oxygen atoms in total. The van der Waals surface area contributed by atoms with Crippen LogP contribution in [-0.2, 0) is 5.21 Å². The van der Waals surface area contributed by atoms with Crippen molar-refractivity contribution in [2.45, 2.75) is 90.3 Å². The maximum atomic E-state index is 13.3. The molecule has 0 amide bonds. The lowest BCUT2D eigenvalue weighted by Crippen LogP contribution is -2.62. The molecule has 1 aliphatic heterocycles. The third-order valence-electron chi connectivity index (χ3n) is 9.17. The van der Waals surface area contributed by atoms with Gasteiger partial charge in [-0.2, -0.15) is 0 Å². The number of hydrogen-bond donors (Lipinski definition) is 0. The summed E-state index contributed by atoms with van der Waals surface area (Å²) in [6.45, 7) is 11.3. The molecule has 1 saturated heterocycles. The highest BCUT2D eigenvalue weighted by atomic mass is 32.1. The summed E-state index contributed by atoms with van der Waals surface area (Å²) >= 11 is 3.65. The van der Waals surface area contributed by atoms with Gasteiger partial charge in [-0.1, -0.05) is 38.3 Å². The number of rotatable bonds is 12. The fraction of sp³-hybridized carbons (Fsp3) is 0.375. The minimum absolute atomic E-state index is 0.165. The van der Waals surface area contributed by atoms with Gasteiger partial charge in [-0.05, 0) is 131 Å². The number of pyridine rings is 1. The molecule has 0 aliphatic carbocycles. The van der Waals surface area contributed by atoms with E-state index in [4.69, 9.17) is 4.74 Å². The third kappa shape index (κ3) is 7.65. The van der Waals surface area contributed by atoms with Crippen molar-refractivity contribution in [3.05, 3.63) is 97.3 Å². The first kappa shape index (κ1) is 33.4. The van der Waals surface area contributed by atoms with E-state index in [1.165, 1.54) is 55.0 Å². The van der Waals surface area contributed by atoms with E-state index >= 15 is 0 Å². The van der Waals surface area contributed by atoms with E-state index in [1.54, 1.807) is 0 Å². The number of hydrogen-bond acceptors (Lipinski definition) is 6. The summed E-state index contributed by atoms with van der Waals surface area (Å²) in [5.41, 5.74) is 3.71. The molecule has 2 aromatic carbocycles. The minimum atomic E-state index is -0.474. The highest BCUT2D eigenvalue weighted by molar-refractivity contribution is 7.25. The second-order valence-corrected chi connectivity index (χ2v) is 16.0. The predicted molar refractivity (Wildman–Crippen MR) is 198 cm³/mol. The van der Waals surface area contributed by atoms with Crippen LogP contribution in [0.5, 0.6) is 5.75 Å². The second-order valence-electron chi connectivity index (χ2n) is 13.9. The molecule has 6 rings (SSSR count). The molecule has 4 heterocycles. The van der Waals surface area contributed by atoms with E-state index in [2.05, 4.69) is 129 Å². The van der Waals surface area contributed by atoms with E-state index < -0.39 is 11.1 Å². The van der Waals surface area contributed by atoms with E-state index in [-0.39, 0.29) is 6.04 Å². The molecule has 0 saturated carbocycles. The van der Waals surface area contributed by atoms with Crippen LogP contribution in [-0.4, -0.2) is 33.8 Å². The average molecular weight is 665 g/mol. The number of ether oxygens (including phenoxy) is 1. The van der Waals surface area contributed by atoms with Gasteiger partial charge in [-0.3, -0.25) is 4.98 Å². The van der Waals surface area contributed by atoms with Crippen molar-refractivity contribution in [3.8, 4) is 36.4 Å². The Morgan fingerprint density at radius 2 is 1.21 bits per heavy atom. The second kappa shape index (κ2) is 14.3. The molecular formula is C40H46N3O2S2. The van der Waals surface area contributed by atoms with Gasteiger partial charge in [0.25, 0.3) is 0 Å². The molecule has 245 valence electrons. The minimum Gasteiger partial charge on any atom is -0.494 e. The highest BCUT2D eigenvalue weighted by Gasteiger charge is 2.48. The first-order valence-electron chi connectivity index (χ1n) is 16.8. The molecule has 1 aliphatic rings. The zero-order valence-electron chi connectivity index (χ0n) is 28.2. The number of thiophene rings is 2. The normalized spacial score (nSPS) is 16.3. The van der Waals surface area contributed by atoms with Gasteiger partial charge in [-0.15, -0.1) is 32.9 Å². The quantitative estimate of drug-likeness (QED) is 0.125. The van der Waals surface area contributed by atoms with Crippen LogP contribution in [0.1, 0.15) is 73.1 Å². The van der Waals surface area contributed by atoms with Gasteiger partial charge in [0.05, 0.1) is 6.61 Å². The maximum Gasteiger partial charge on any atom is 0.119 e. The zero-order valence-corrected chi connectivity index (χ0v) is 29.9. The Kier molecular flexibility index (Phi) is 10.2. The Morgan fingerprint density at radius 3 is 1.77 bits per heavy atom. The molecule has 1 radical (unpaired) electrons. The number of hydroxylamine groups is 2. The van der Waals surface area contributed by atoms with Crippen LogP contribution in [0.2, 0.25) is 0 Å². The summed E-state index contributed by atoms with van der Waals surface area (Å²) in [6.07, 6.45) is 9.99. The number of anilines is 2. The predicted octanol–water partition coefficient (Wildman–Crippen LogP) is 11.7. The number of benzene rings is 2. The van der Waals surface area contributed by atoms with Crippen LogP contribution in [0.3, 0.4) is 0 Å². The Labute approximate surface area is 288 Å². The Balaban J connectivity index is 1.25. The van der Waals surface area contributed by atoms with Crippen molar-refractivity contribution in [2.24, 2.45) is 0 Å². The first-order valence-corrected chi connectivity index (χ1v) is 18.5. The Bertz CT molecular complexity index is 1710. The molecule has 5 aromatic rings. The van der Waals surface area contributed by atoms with Crippen LogP contribution in [0.15, 0.2) is 97.3 Å². The lowest BCUT2D eigenvalue weighted by Gasteiger charge is -2.52. The maximum absolute atomic E-state index is 13.3. The summed E-state index contributed by atoms with van der Waals surface area (Å²) in [4.78, 5) is 11.6. The van der Waals surface area contributed by atoms with E-state index in [1.807, 2.05) is 35.1 Å². The van der Waals surface area contributed by atoms with Crippen molar-refractivity contribution in [1.82, 2.24) is 10.0 Å². The number of aromatic nitrogens is 1. The molecule has 47 heavy (non-hydrogen) atoms. The topological polar surface area (TPSA) is 48.5 Å². The van der Waals surface area contributed by atoms with Crippen molar-refractivity contribution in [3.63, 3.8) is 0 Å². The van der Waals surface area contributed by atoms with Gasteiger partial charge >= 0.3 is 0 Å². The zero-order chi connectivity index (χ0) is 33.0. The number of nitrogens with zero attached hydrogens (tertiary/aromatic N) is 3. The number of piperidine rings is 1. The van der Waals surface area contributed by atoms with Gasteiger partial charge in [0.15, 0.2) is 0 Å². The summed E-state index contributed by atoms with van der Waals surface area (Å²) in [5.74, 6) is 0.905. The molecule has 0 bridgehead atoms. The van der Waals surface area contributed by atoms with Crippen molar-refractivity contribution < 1.29 is 9.94 Å². The van der Waals surface area contributed by atoms with Gasteiger partial charge in [0.1, 0.15) is 5.75 Å². The SMILES string of the molecule is CCCCCCOc1ccc(N(c2ccc(-c3ccc(-c4ccc(-c5ccncc5)s4)s3)cc2)C2CC(C)(C)N([O])C(C)(C)C2)cc1. The third-order valence-corrected chi connectivity index (χ3v) is 11.6. The largest absolute Gasteiger partial charge is 0.494 e. The fourth-order valence-electron chi connectivity index (χ4n) is 6.94. The summed E-state index contributed by atoms with van der Waals surface area (Å²) in [5, 5.41) is 14.6. The van der Waals surface area contributed by atoms with Crippen molar-refractivity contribution in [2.75, 3.05) is 11.5 Å². The lowest BCUT2D eigenvalue weighted by molar-refractivity contribution is -0.288. The van der Waals surface area contributed by atoms with Crippen LogP contribution in [0, 0.1) is 0 Å². The van der Waals surface area contributed by atoms with Crippen LogP contribution in [0.4, 0.5) is 11.4 Å². The molecule has 3 aromatic heterocycles. The van der Waals surface area contributed by atoms with Gasteiger partial charge < -0.3 is 9.64 Å². The first-order chi connectivity index (χ1) is 22.6. The molecule has 0 spiro atoms. The van der Waals surface area contributed by atoms with Gasteiger partial charge in [0.2, 0.25) is 0 Å². The van der Waals surface area contributed by atoms with E-state index in [0.29, 0.717) is 0 Å². The van der Waals surface area contributed by atoms with Crippen molar-refractivity contribution >= 4 is 34.0 Å². The van der Waals surface area contributed by atoms with Crippen LogP contribution in [0.25, 0.3) is 30.6 Å². The van der Waals surface area contributed by atoms with Crippen LogP contribution >= 0.6 is 22.7 Å². The van der Waals surface area contributed by atoms with E-state index in [9.17, 15) is 5.21 Å². The monoisotopic (exact) mass is 664 g/mol. The molecule has 0 unspecified atom stereocenters. The van der Waals surface area contributed by atoms with Gasteiger partial charge in [-0.25, -0.2) is 0 Å². The highest BCUT2D eigenvalue weighted by Crippen LogP contribution is 2.44. The average Bonchev–Trinajstić information content (AvgIpc) is 3.76. The smallest absolute Gasteiger partial charge is 0.119 e. The molecule has 7 heteroatoms. The standard InChI is InChI=1S/C40H46N3O2S2/c1-6-7-8-9-26-45-34-16-14-32(15-17-34)42(33-27-39(2,3)43(44)40(4,5)28-33)31-12-10-29(11-13-31)35-18-20-37(46-35)38-21-19-36(47-38)30-22-24-41-25-23-30/h10-25,33H,6-9,26-28H2,1-5H3. The number of unbranched alkanes of at least 4 members (excludes halogenated alkanes) is 3. The Morgan fingerprint density at radius 1 is 0.702 bits per heavy atom.